The summed E-state index contributed by atoms with van der Waals surface area (Å²) >= 11 is 0. The first-order chi connectivity index (χ1) is 14.3. The molecule has 31 heavy (non-hydrogen) atoms. The van der Waals surface area contributed by atoms with E-state index in [1.165, 1.54) is 0 Å². The number of carbonyl (C=O) groups is 1. The van der Waals surface area contributed by atoms with Gasteiger partial charge >= 0.3 is 6.09 Å². The van der Waals surface area contributed by atoms with Crippen LogP contribution in [-0.2, 0) is 11.2 Å². The van der Waals surface area contributed by atoms with Crippen LogP contribution in [0.15, 0.2) is 53.5 Å². The van der Waals surface area contributed by atoms with Crippen LogP contribution < -0.4 is 21.1 Å². The summed E-state index contributed by atoms with van der Waals surface area (Å²) in [6.45, 7) is 6.72. The van der Waals surface area contributed by atoms with Crippen LogP contribution in [0.4, 0.5) is 10.5 Å². The van der Waals surface area contributed by atoms with Gasteiger partial charge in [0, 0.05) is 24.2 Å². The molecule has 1 unspecified atom stereocenters. The summed E-state index contributed by atoms with van der Waals surface area (Å²) in [6.07, 6.45) is 1.13. The summed E-state index contributed by atoms with van der Waals surface area (Å²) in [5, 5.41) is 6.02. The third kappa shape index (κ3) is 7.93. The van der Waals surface area contributed by atoms with Crippen molar-refractivity contribution in [3.05, 3.63) is 59.7 Å². The van der Waals surface area contributed by atoms with E-state index in [9.17, 15) is 4.79 Å². The van der Waals surface area contributed by atoms with E-state index in [4.69, 9.17) is 15.2 Å². The molecular formula is C23H31IN4O3. The van der Waals surface area contributed by atoms with Gasteiger partial charge < -0.3 is 20.5 Å². The number of amides is 1. The number of hydrogen-bond donors (Lipinski definition) is 3. The first-order valence-corrected chi connectivity index (χ1v) is 10.2. The van der Waals surface area contributed by atoms with Crippen molar-refractivity contribution in [2.75, 3.05) is 18.5 Å². The van der Waals surface area contributed by atoms with Crippen LogP contribution in [0.3, 0.4) is 0 Å². The number of halogens is 1. The quantitative estimate of drug-likeness (QED) is 0.293. The molecule has 2 aromatic carbocycles. The number of ether oxygens (including phenoxy) is 2. The van der Waals surface area contributed by atoms with E-state index >= 15 is 0 Å². The Labute approximate surface area is 200 Å². The van der Waals surface area contributed by atoms with Gasteiger partial charge in [0.25, 0.3) is 0 Å². The summed E-state index contributed by atoms with van der Waals surface area (Å²) in [4.78, 5) is 16.3. The number of anilines is 1. The molecule has 0 saturated carbocycles. The molecule has 0 spiro atoms. The molecule has 3 rings (SSSR count). The number of nitrogens with zero attached hydrogens (tertiary/aromatic N) is 1. The topological polar surface area (TPSA) is 98.0 Å². The van der Waals surface area contributed by atoms with Crippen molar-refractivity contribution in [2.24, 2.45) is 10.7 Å². The lowest BCUT2D eigenvalue weighted by Gasteiger charge is -2.26. The molecule has 4 N–H and O–H groups in total. The number of para-hydroxylation sites is 1. The summed E-state index contributed by atoms with van der Waals surface area (Å²) in [7, 11) is 0. The van der Waals surface area contributed by atoms with E-state index in [-0.39, 0.29) is 30.0 Å². The Morgan fingerprint density at radius 3 is 2.61 bits per heavy atom. The molecule has 0 bridgehead atoms. The molecule has 168 valence electrons. The molecule has 0 saturated heterocycles. The lowest BCUT2D eigenvalue weighted by Crippen LogP contribution is -2.37. The van der Waals surface area contributed by atoms with Gasteiger partial charge in [0.15, 0.2) is 5.96 Å². The van der Waals surface area contributed by atoms with Crippen LogP contribution in [0, 0.1) is 0 Å². The highest BCUT2D eigenvalue weighted by atomic mass is 127. The maximum Gasteiger partial charge on any atom is 0.412 e. The van der Waals surface area contributed by atoms with Gasteiger partial charge in [0.1, 0.15) is 11.4 Å². The fraction of sp³-hybridized carbons (Fsp3) is 0.391. The highest BCUT2D eigenvalue weighted by Crippen LogP contribution is 2.31. The molecule has 8 heteroatoms. The largest absolute Gasteiger partial charge is 0.493 e. The number of benzene rings is 2. The number of hydrogen-bond acceptors (Lipinski definition) is 4. The Morgan fingerprint density at radius 2 is 1.90 bits per heavy atom. The number of nitrogens with two attached hydrogens (primary N) is 1. The molecule has 1 aliphatic heterocycles. The van der Waals surface area contributed by atoms with E-state index in [2.05, 4.69) is 15.6 Å². The van der Waals surface area contributed by atoms with Crippen LogP contribution in [0.1, 0.15) is 44.4 Å². The number of rotatable bonds is 5. The normalized spacial score (nSPS) is 15.7. The summed E-state index contributed by atoms with van der Waals surface area (Å²) in [5.74, 6) is 1.33. The zero-order valence-corrected chi connectivity index (χ0v) is 20.5. The summed E-state index contributed by atoms with van der Waals surface area (Å²) < 4.78 is 10.9. The monoisotopic (exact) mass is 538 g/mol. The van der Waals surface area contributed by atoms with Crippen LogP contribution in [0.5, 0.6) is 5.75 Å². The highest BCUT2D eigenvalue weighted by molar-refractivity contribution is 14.0. The zero-order valence-electron chi connectivity index (χ0n) is 18.2. The first kappa shape index (κ1) is 24.8. The lowest BCUT2D eigenvalue weighted by molar-refractivity contribution is 0.0636. The minimum atomic E-state index is -0.525. The number of aliphatic imine (C=N–C) groups is 1. The maximum atomic E-state index is 11.8. The molecule has 1 amide bonds. The second-order valence-electron chi connectivity index (χ2n) is 8.21. The standard InChI is InChI=1S/C23H30N4O3.HI/c1-23(2,3)30-22(28)26-17-10-8-16(9-11-17)12-14-25-21(24)27-19-13-15-29-20-7-5-4-6-18(19)20;/h4-11,19H,12-15H2,1-3H3,(H,26,28)(H3,24,25,27);1H. The van der Waals surface area contributed by atoms with Gasteiger partial charge in [-0.25, -0.2) is 4.79 Å². The molecule has 0 fully saturated rings. The van der Waals surface area contributed by atoms with Crippen LogP contribution >= 0.6 is 24.0 Å². The minimum absolute atomic E-state index is 0. The second kappa shape index (κ2) is 11.2. The van der Waals surface area contributed by atoms with Gasteiger partial charge in [-0.2, -0.15) is 0 Å². The number of nitrogens with one attached hydrogen (secondary N) is 2. The van der Waals surface area contributed by atoms with Crippen LogP contribution in [-0.4, -0.2) is 30.8 Å². The maximum absolute atomic E-state index is 11.8. The second-order valence-corrected chi connectivity index (χ2v) is 8.21. The zero-order chi connectivity index (χ0) is 21.6. The number of carbonyl (C=O) groups excluding carboxylic acids is 1. The molecule has 0 aromatic heterocycles. The summed E-state index contributed by atoms with van der Waals surface area (Å²) in [6, 6.07) is 15.7. The average molecular weight is 538 g/mol. The van der Waals surface area contributed by atoms with Crippen molar-refractivity contribution < 1.29 is 14.3 Å². The number of guanidine groups is 1. The molecule has 2 aromatic rings. The van der Waals surface area contributed by atoms with E-state index in [0.717, 1.165) is 29.7 Å². The molecule has 7 nitrogen and oxygen atoms in total. The Bertz CT molecular complexity index is 894. The van der Waals surface area contributed by atoms with Crippen molar-refractivity contribution in [3.63, 3.8) is 0 Å². The van der Waals surface area contributed by atoms with E-state index in [0.29, 0.717) is 24.8 Å². The van der Waals surface area contributed by atoms with Crippen molar-refractivity contribution in [3.8, 4) is 5.75 Å². The van der Waals surface area contributed by atoms with Gasteiger partial charge in [0.2, 0.25) is 0 Å². The van der Waals surface area contributed by atoms with Crippen molar-refractivity contribution in [1.82, 2.24) is 5.32 Å². The van der Waals surface area contributed by atoms with Gasteiger partial charge in [-0.3, -0.25) is 10.3 Å². The molecule has 0 aliphatic carbocycles. The highest BCUT2D eigenvalue weighted by Gasteiger charge is 2.21. The predicted octanol–water partition coefficient (Wildman–Crippen LogP) is 4.62. The van der Waals surface area contributed by atoms with Crippen LogP contribution in [0.2, 0.25) is 0 Å². The Hall–Kier alpha value is -2.49. The van der Waals surface area contributed by atoms with Crippen LogP contribution in [0.25, 0.3) is 0 Å². The van der Waals surface area contributed by atoms with Crippen molar-refractivity contribution in [1.29, 1.82) is 0 Å². The molecule has 0 radical (unpaired) electrons. The van der Waals surface area contributed by atoms with Gasteiger partial charge in [-0.1, -0.05) is 30.3 Å². The van der Waals surface area contributed by atoms with Gasteiger partial charge in [-0.05, 0) is 51.0 Å². The van der Waals surface area contributed by atoms with E-state index in [1.54, 1.807) is 0 Å². The predicted molar refractivity (Wildman–Crippen MR) is 134 cm³/mol. The fourth-order valence-electron chi connectivity index (χ4n) is 3.20. The Balaban J connectivity index is 0.00000341. The third-order valence-electron chi connectivity index (χ3n) is 4.56. The SMILES string of the molecule is CC(C)(C)OC(=O)Nc1ccc(CCN=C(N)NC2CCOc3ccccc32)cc1.I. The van der Waals surface area contributed by atoms with Gasteiger partial charge in [-0.15, -0.1) is 24.0 Å². The van der Waals surface area contributed by atoms with E-state index in [1.807, 2.05) is 69.3 Å². The molecular weight excluding hydrogens is 507 g/mol. The van der Waals surface area contributed by atoms with Crippen molar-refractivity contribution in [2.45, 2.75) is 45.3 Å². The lowest BCUT2D eigenvalue weighted by atomic mass is 10.0. The minimum Gasteiger partial charge on any atom is -0.493 e. The van der Waals surface area contributed by atoms with E-state index < -0.39 is 11.7 Å². The first-order valence-electron chi connectivity index (χ1n) is 10.2. The third-order valence-corrected chi connectivity index (χ3v) is 4.56. The van der Waals surface area contributed by atoms with Gasteiger partial charge in [0.05, 0.1) is 12.6 Å². The molecule has 1 heterocycles. The summed E-state index contributed by atoms with van der Waals surface area (Å²) in [5.41, 5.74) is 8.47. The Kier molecular flexibility index (Phi) is 8.97. The molecule has 1 atom stereocenters. The average Bonchev–Trinajstić information content (AvgIpc) is 2.68. The molecule has 1 aliphatic rings. The smallest absolute Gasteiger partial charge is 0.412 e. The fourth-order valence-corrected chi connectivity index (χ4v) is 3.20. The van der Waals surface area contributed by atoms with Crippen molar-refractivity contribution >= 4 is 41.7 Å². The Morgan fingerprint density at radius 1 is 1.19 bits per heavy atom. The number of fused-ring (bicyclic) bond motifs is 1.